The maximum absolute atomic E-state index is 13.6. The zero-order valence-electron chi connectivity index (χ0n) is 88.2. The number of ether oxygens (including phenoxy) is 1. The third-order valence-corrected chi connectivity index (χ3v) is 35.8. The van der Waals surface area contributed by atoms with E-state index in [1.807, 2.05) is 165 Å². The van der Waals surface area contributed by atoms with E-state index in [2.05, 4.69) is 69.8 Å². The van der Waals surface area contributed by atoms with E-state index in [1.165, 1.54) is 15.5 Å². The minimum absolute atomic E-state index is 0. The molecule has 0 radical (unpaired) electrons. The lowest BCUT2D eigenvalue weighted by Crippen LogP contribution is -3.00. The van der Waals surface area contributed by atoms with Crippen LogP contribution in [0, 0.1) is 156 Å². The topological polar surface area (TPSA) is 335 Å². The molecule has 23 nitrogen and oxygen atoms in total. The number of ketones is 9. The van der Waals surface area contributed by atoms with E-state index < -0.39 is 64.9 Å². The highest BCUT2D eigenvalue weighted by Crippen LogP contribution is 2.54. The molecule has 5 aromatic carbocycles. The van der Waals surface area contributed by atoms with Gasteiger partial charge in [0.25, 0.3) is 0 Å². The summed E-state index contributed by atoms with van der Waals surface area (Å²) in [5, 5.41) is 4.57. The fourth-order valence-corrected chi connectivity index (χ4v) is 26.9. The van der Waals surface area contributed by atoms with Crippen molar-refractivity contribution in [2.45, 2.75) is 311 Å². The molecule has 15 rings (SSSR count). The number of allylic oxidation sites excluding steroid dienone is 2. The Bertz CT molecular complexity index is 6260. The monoisotopic (exact) mass is 2080 g/mol. The molecule has 9 fully saturated rings. The highest BCUT2D eigenvalue weighted by Gasteiger charge is 2.54. The quantitative estimate of drug-likeness (QED) is 0.0666. The van der Waals surface area contributed by atoms with Crippen LogP contribution in [0.15, 0.2) is 66.4 Å². The van der Waals surface area contributed by atoms with Crippen molar-refractivity contribution in [2.24, 2.45) is 27.1 Å². The van der Waals surface area contributed by atoms with Gasteiger partial charge in [-0.25, -0.2) is 30.2 Å². The number of hydrogen-bond donors (Lipinski definition) is 2. The Kier molecular flexibility index (Phi) is 41.4. The lowest BCUT2D eigenvalue weighted by atomic mass is 9.62. The first-order valence-corrected chi connectivity index (χ1v) is 55.3. The second-order valence-electron chi connectivity index (χ2n) is 42.6. The van der Waals surface area contributed by atoms with Gasteiger partial charge in [-0.05, 0) is 355 Å². The molecule has 5 aromatic rings. The van der Waals surface area contributed by atoms with Gasteiger partial charge in [0.05, 0.1) is 49.0 Å². The number of sulfonamides is 2. The van der Waals surface area contributed by atoms with Gasteiger partial charge < -0.3 is 49.3 Å². The van der Waals surface area contributed by atoms with Gasteiger partial charge >= 0.3 is 16.2 Å². The number of nitrogens with two attached hydrogens (primary N) is 2. The first-order chi connectivity index (χ1) is 66.8. The highest BCUT2D eigenvalue weighted by atomic mass is 35.5. The van der Waals surface area contributed by atoms with E-state index in [4.69, 9.17) is 8.92 Å². The molecule has 5 aliphatic carbocycles. The Balaban J connectivity index is 0.000000221. The number of piperidine rings is 5. The van der Waals surface area contributed by atoms with Crippen LogP contribution >= 0.6 is 0 Å². The Morgan fingerprint density at radius 1 is 0.352 bits per heavy atom. The summed E-state index contributed by atoms with van der Waals surface area (Å²) in [6, 6.07) is 19.6. The smallest absolute Gasteiger partial charge is 0.410 e. The molecule has 5 saturated heterocycles. The number of aryl methyl sites for hydroxylation is 10. The third-order valence-electron chi connectivity index (χ3n) is 30.9. The molecule has 0 aromatic heterocycles. The van der Waals surface area contributed by atoms with Gasteiger partial charge in [0.1, 0.15) is 81.3 Å². The van der Waals surface area contributed by atoms with Gasteiger partial charge in [-0.1, -0.05) is 37.0 Å². The molecule has 5 heterocycles. The predicted octanol–water partition coefficient (Wildman–Crippen LogP) is 10.1. The fourth-order valence-electron chi connectivity index (χ4n) is 24.1. The second kappa shape index (κ2) is 49.9. The Morgan fingerprint density at radius 2 is 0.579 bits per heavy atom. The number of carbonyl (C=O) groups excluding carboxylic acids is 10. The van der Waals surface area contributed by atoms with E-state index in [0.717, 1.165) is 158 Å². The van der Waals surface area contributed by atoms with Crippen LogP contribution in [0.2, 0.25) is 0 Å². The molecule has 784 valence electrons. The van der Waals surface area contributed by atoms with Gasteiger partial charge in [0.2, 0.25) is 20.0 Å². The highest BCUT2D eigenvalue weighted by molar-refractivity contribution is 7.89. The molecule has 10 aliphatic rings. The van der Waals surface area contributed by atoms with Crippen molar-refractivity contribution >= 4 is 93.9 Å². The van der Waals surface area contributed by atoms with Crippen LogP contribution in [0.25, 0.3) is 5.57 Å². The normalized spacial score (nSPS) is 20.7. The summed E-state index contributed by atoms with van der Waals surface area (Å²) in [5.41, 5.74) is 16.6. The van der Waals surface area contributed by atoms with Crippen molar-refractivity contribution < 1.29 is 118 Å². The molecule has 5 spiro atoms. The summed E-state index contributed by atoms with van der Waals surface area (Å²) in [6.07, 6.45) is 11.3. The molecule has 4 saturated carbocycles. The zero-order valence-corrected chi connectivity index (χ0v) is 92.2. The molecular weight excluding hydrogens is 1930 g/mol. The molecule has 28 heteroatoms. The first kappa shape index (κ1) is 120. The molecule has 4 N–H and O–H groups in total. The number of quaternary nitrogens is 2. The summed E-state index contributed by atoms with van der Waals surface area (Å²) in [5.74, 6) is 27.5. The maximum atomic E-state index is 13.6. The Morgan fingerprint density at radius 3 is 0.807 bits per heavy atom. The molecule has 145 heavy (non-hydrogen) atoms. The third kappa shape index (κ3) is 28.5. The van der Waals surface area contributed by atoms with E-state index in [-0.39, 0.29) is 148 Å². The number of likely N-dealkylation sites (tertiary alicyclic amines) is 1. The number of rotatable bonds is 12. The average Bonchev–Trinajstić information content (AvgIpc) is 0.720. The summed E-state index contributed by atoms with van der Waals surface area (Å²) < 4.78 is 87.8. The summed E-state index contributed by atoms with van der Waals surface area (Å²) >= 11 is 0. The molecular formula is C117H151Cl2N5O18S3. The maximum Gasteiger partial charge on any atom is 0.410 e. The SMILES string of the molecule is C.CC#Cc1cc(C)c(C2=C(OS(=O)(=O)CC)CC3(CCN(S(=O)(=O)CC)CC3)CC2=O)c(C)c1.CC#Cc1cc(C)c(C2C(=O)CC3(CCN(C(=O)OC(C)(C)C)CC3)CC2=O)c(C)c1.CC#Cc1cc(C)c(C2C(=O)CC3(CCN(S(=O)(=O)CC)CC3)CC2=O)c(C)c1.CC#Cc1cc(C)c(C2C(=O)CC3(CC[NH2+]CC3)CC2=O)c(C)c1.CC#Cc1cc(C)c(C2C(=O)CC3(CC[NH2+]CC3)CC2=O)c(C)c1.[Cl-].[Cl-]. The van der Waals surface area contributed by atoms with Crippen molar-refractivity contribution in [3.63, 3.8) is 0 Å². The first-order valence-electron chi connectivity index (χ1n) is 50.5. The number of carbonyl (C=O) groups is 10. The van der Waals surface area contributed by atoms with E-state index in [9.17, 15) is 73.2 Å². The van der Waals surface area contributed by atoms with Crippen molar-refractivity contribution in [3.05, 3.63) is 178 Å². The van der Waals surface area contributed by atoms with Crippen molar-refractivity contribution in [1.29, 1.82) is 0 Å². The van der Waals surface area contributed by atoms with E-state index in [0.29, 0.717) is 140 Å². The average molecular weight is 2080 g/mol. The lowest BCUT2D eigenvalue weighted by molar-refractivity contribution is -0.668. The number of Topliss-reactive ketones (excluding diaryl/α,β-unsaturated/α-hetero) is 9. The van der Waals surface area contributed by atoms with Crippen LogP contribution in [0.1, 0.15) is 347 Å². The van der Waals surface area contributed by atoms with Crippen molar-refractivity contribution in [1.82, 2.24) is 13.5 Å². The van der Waals surface area contributed by atoms with Gasteiger partial charge in [-0.3, -0.25) is 43.2 Å². The fraction of sp³-hybridized carbons (Fsp3) is 0.556. The second-order valence-corrected chi connectivity index (χ2v) is 49.0. The van der Waals surface area contributed by atoms with Gasteiger partial charge in [0, 0.05) is 157 Å². The number of hydrogen-bond acceptors (Lipinski definition) is 18. The van der Waals surface area contributed by atoms with Crippen LogP contribution in [0.5, 0.6) is 0 Å². The Labute approximate surface area is 876 Å². The Hall–Kier alpha value is -9.99. The molecule has 5 aliphatic heterocycles. The van der Waals surface area contributed by atoms with E-state index >= 15 is 0 Å². The molecule has 1 amide bonds. The van der Waals surface area contributed by atoms with Gasteiger partial charge in [0.15, 0.2) is 5.78 Å². The van der Waals surface area contributed by atoms with Crippen molar-refractivity contribution in [2.75, 3.05) is 82.7 Å². The van der Waals surface area contributed by atoms with Crippen LogP contribution in [0.4, 0.5) is 4.79 Å². The predicted molar refractivity (Wildman–Crippen MR) is 560 cm³/mol. The molecule has 0 bridgehead atoms. The largest absolute Gasteiger partial charge is 1.00 e. The summed E-state index contributed by atoms with van der Waals surface area (Å²) in [6.45, 7) is 45.3. The number of amides is 1. The minimum atomic E-state index is -3.86. The zero-order chi connectivity index (χ0) is 104. The van der Waals surface area contributed by atoms with Crippen molar-refractivity contribution in [3.8, 4) is 59.2 Å². The summed E-state index contributed by atoms with van der Waals surface area (Å²) in [4.78, 5) is 132. The van der Waals surface area contributed by atoms with E-state index in [1.54, 1.807) is 39.5 Å². The van der Waals surface area contributed by atoms with Crippen LogP contribution in [0.3, 0.4) is 0 Å². The van der Waals surface area contributed by atoms with Crippen LogP contribution < -0.4 is 35.4 Å². The van der Waals surface area contributed by atoms with Gasteiger partial charge in [-0.2, -0.15) is 8.42 Å². The number of benzene rings is 5. The summed E-state index contributed by atoms with van der Waals surface area (Å²) in [7, 11) is -10.4. The molecule has 0 atom stereocenters. The minimum Gasteiger partial charge on any atom is -1.00 e. The van der Waals surface area contributed by atoms with Crippen LogP contribution in [-0.4, -0.2) is 185 Å². The number of nitrogens with zero attached hydrogens (tertiary/aromatic N) is 3. The standard InChI is InChI=1S/C26H33NO4.C25H33NO6S2.C23H29NO4S.2C21H25NO2.CH4.2ClH/c1-7-8-19-13-17(2)22(18(3)14-19)23-20(28)15-26(16-21(23)29)9-11-27(12-10-26)24(30)31-25(4,5)6;1-6-9-20-14-18(4)23(19(5)15-20)24-21(27)16-25(17-22(24)32-34(30,31)8-3)10-12-26(13-11-25)33(28,29)7-2;1-5-7-18-12-16(3)21(17(4)13-18)22-19(25)14-23(15-20(22)26)8-10-24(11-9-23)29(27,28)6-2;2*1-4-5-16-10-14(2)19(15(3)11-16)20-17(23)12-21(13-18(20)24)6-8-22-9-7-21;;;/h13-14,23H,9-12,15-16H2,1-6H3;14-15H,7-8,10-13,16-17H2,1-5H3;12-13,22H,6,8-11,14-15H2,1-4H3;2*10-11,20,22H,6-9,12-13H2,1-3H3;1H4;2*1H. The van der Waals surface area contributed by atoms with Crippen LogP contribution in [-0.2, 0) is 82.2 Å². The molecule has 0 unspecified atom stereocenters. The van der Waals surface area contributed by atoms with Gasteiger partial charge in [-0.15, -0.1) is 29.6 Å². The number of halogens is 2. The lowest BCUT2D eigenvalue weighted by Gasteiger charge is -2.44.